The summed E-state index contributed by atoms with van der Waals surface area (Å²) >= 11 is 3.66. The normalized spacial score (nSPS) is 28.1. The number of nitrogens with zero attached hydrogens (tertiary/aromatic N) is 3. The lowest BCUT2D eigenvalue weighted by Gasteiger charge is -2.34. The van der Waals surface area contributed by atoms with Crippen molar-refractivity contribution in [1.29, 1.82) is 0 Å². The lowest BCUT2D eigenvalue weighted by Crippen LogP contribution is -2.46. The van der Waals surface area contributed by atoms with Gasteiger partial charge in [0.1, 0.15) is 5.82 Å². The van der Waals surface area contributed by atoms with Crippen LogP contribution in [0.15, 0.2) is 16.7 Å². The minimum absolute atomic E-state index is 0.619. The first-order chi connectivity index (χ1) is 9.65. The highest BCUT2D eigenvalue weighted by atomic mass is 79.9. The first kappa shape index (κ1) is 14.3. The number of pyridine rings is 1. The molecule has 0 bridgehead atoms. The zero-order chi connectivity index (χ0) is 14.1. The Kier molecular flexibility index (Phi) is 4.29. The minimum atomic E-state index is 0.619. The van der Waals surface area contributed by atoms with Crippen molar-refractivity contribution in [3.05, 3.63) is 22.3 Å². The smallest absolute Gasteiger partial charge is 0.142 e. The van der Waals surface area contributed by atoms with Gasteiger partial charge in [0.25, 0.3) is 0 Å². The van der Waals surface area contributed by atoms with Gasteiger partial charge in [-0.15, -0.1) is 0 Å². The highest BCUT2D eigenvalue weighted by molar-refractivity contribution is 9.10. The van der Waals surface area contributed by atoms with Crippen LogP contribution in [0.25, 0.3) is 0 Å². The fraction of sp³-hybridized carbons (Fsp3) is 0.667. The van der Waals surface area contributed by atoms with Crippen LogP contribution in [0.4, 0.5) is 5.82 Å². The van der Waals surface area contributed by atoms with Gasteiger partial charge in [0.05, 0.1) is 17.7 Å². The summed E-state index contributed by atoms with van der Waals surface area (Å²) < 4.78 is 6.57. The van der Waals surface area contributed by atoms with E-state index in [-0.39, 0.29) is 0 Å². The maximum atomic E-state index is 5.46. The summed E-state index contributed by atoms with van der Waals surface area (Å²) in [7, 11) is 0. The fourth-order valence-electron chi connectivity index (χ4n) is 3.27. The molecule has 2 aliphatic rings. The van der Waals surface area contributed by atoms with Gasteiger partial charge >= 0.3 is 0 Å². The van der Waals surface area contributed by atoms with E-state index in [2.05, 4.69) is 50.6 Å². The summed E-state index contributed by atoms with van der Waals surface area (Å²) in [5.41, 5.74) is 1.19. The average Bonchev–Trinajstić information content (AvgIpc) is 2.81. The fourth-order valence-corrected chi connectivity index (χ4v) is 3.98. The van der Waals surface area contributed by atoms with E-state index < -0.39 is 0 Å². The van der Waals surface area contributed by atoms with Crippen LogP contribution in [-0.4, -0.2) is 55.3 Å². The Hall–Kier alpha value is -0.650. The summed E-state index contributed by atoms with van der Waals surface area (Å²) in [6.07, 6.45) is 1.95. The summed E-state index contributed by atoms with van der Waals surface area (Å²) in [5.74, 6) is 1.75. The van der Waals surface area contributed by atoms with Crippen LogP contribution in [-0.2, 0) is 4.74 Å². The topological polar surface area (TPSA) is 28.6 Å². The van der Waals surface area contributed by atoms with Gasteiger partial charge in [-0.2, -0.15) is 0 Å². The van der Waals surface area contributed by atoms with Crippen LogP contribution < -0.4 is 4.90 Å². The second-order valence-electron chi connectivity index (χ2n) is 5.92. The molecule has 0 unspecified atom stereocenters. The van der Waals surface area contributed by atoms with Crippen LogP contribution in [0.2, 0.25) is 0 Å². The summed E-state index contributed by atoms with van der Waals surface area (Å²) in [6, 6.07) is 2.77. The molecule has 0 aromatic carbocycles. The standard InChI is InChI=1S/C15H22BrN3O/c1-11-7-13(16)15(17-8-11)19-9-12(2)14(10-19)18-3-5-20-6-4-18/h7-8,12,14H,3-6,9-10H2,1-2H3/t12-,14+/m1/s1. The second kappa shape index (κ2) is 6.00. The van der Waals surface area contributed by atoms with E-state index in [9.17, 15) is 0 Å². The number of aromatic nitrogens is 1. The molecule has 5 heteroatoms. The van der Waals surface area contributed by atoms with Gasteiger partial charge in [-0.1, -0.05) is 6.92 Å². The van der Waals surface area contributed by atoms with Crippen LogP contribution in [0.5, 0.6) is 0 Å². The molecule has 3 heterocycles. The van der Waals surface area contributed by atoms with E-state index >= 15 is 0 Å². The van der Waals surface area contributed by atoms with Gasteiger partial charge in [-0.25, -0.2) is 4.98 Å². The second-order valence-corrected chi connectivity index (χ2v) is 6.77. The number of hydrogen-bond donors (Lipinski definition) is 0. The van der Waals surface area contributed by atoms with E-state index in [1.165, 1.54) is 5.56 Å². The van der Waals surface area contributed by atoms with Crippen molar-refractivity contribution in [3.8, 4) is 0 Å². The van der Waals surface area contributed by atoms with Crippen LogP contribution in [0.3, 0.4) is 0 Å². The van der Waals surface area contributed by atoms with Crippen molar-refractivity contribution in [2.24, 2.45) is 5.92 Å². The van der Waals surface area contributed by atoms with Crippen molar-refractivity contribution in [3.63, 3.8) is 0 Å². The number of halogens is 1. The third-order valence-electron chi connectivity index (χ3n) is 4.35. The van der Waals surface area contributed by atoms with Crippen LogP contribution in [0, 0.1) is 12.8 Å². The van der Waals surface area contributed by atoms with Crippen LogP contribution in [0.1, 0.15) is 12.5 Å². The highest BCUT2D eigenvalue weighted by Crippen LogP contribution is 2.31. The summed E-state index contributed by atoms with van der Waals surface area (Å²) in [5, 5.41) is 0. The summed E-state index contributed by atoms with van der Waals surface area (Å²) in [4.78, 5) is 9.60. The molecular formula is C15H22BrN3O. The molecule has 0 amide bonds. The molecule has 1 aromatic rings. The van der Waals surface area contributed by atoms with Crippen molar-refractivity contribution < 1.29 is 4.74 Å². The third kappa shape index (κ3) is 2.85. The van der Waals surface area contributed by atoms with Crippen molar-refractivity contribution in [1.82, 2.24) is 9.88 Å². The van der Waals surface area contributed by atoms with Gasteiger partial charge in [0.15, 0.2) is 0 Å². The van der Waals surface area contributed by atoms with Gasteiger partial charge in [0.2, 0.25) is 0 Å². The van der Waals surface area contributed by atoms with Gasteiger partial charge in [0, 0.05) is 38.4 Å². The Morgan fingerprint density at radius 1 is 1.30 bits per heavy atom. The third-order valence-corrected chi connectivity index (χ3v) is 4.93. The molecule has 0 aliphatic carbocycles. The SMILES string of the molecule is Cc1cnc(N2C[C@@H](C)[C@@H](N3CCOCC3)C2)c(Br)c1. The van der Waals surface area contributed by atoms with Crippen molar-refractivity contribution in [2.45, 2.75) is 19.9 Å². The molecular weight excluding hydrogens is 318 g/mol. The maximum Gasteiger partial charge on any atom is 0.142 e. The molecule has 3 rings (SSSR count). The molecule has 2 aliphatic heterocycles. The number of hydrogen-bond acceptors (Lipinski definition) is 4. The first-order valence-corrected chi connectivity index (χ1v) is 8.13. The highest BCUT2D eigenvalue weighted by Gasteiger charge is 2.35. The molecule has 2 fully saturated rings. The minimum Gasteiger partial charge on any atom is -0.379 e. The molecule has 0 saturated carbocycles. The maximum absolute atomic E-state index is 5.46. The van der Waals surface area contributed by atoms with Gasteiger partial charge in [-0.05, 0) is 40.4 Å². The average molecular weight is 340 g/mol. The Morgan fingerprint density at radius 3 is 2.75 bits per heavy atom. The van der Waals surface area contributed by atoms with E-state index in [0.29, 0.717) is 12.0 Å². The lowest BCUT2D eigenvalue weighted by molar-refractivity contribution is 0.0134. The molecule has 0 radical (unpaired) electrons. The van der Waals surface area contributed by atoms with E-state index in [4.69, 9.17) is 4.74 Å². The molecule has 2 saturated heterocycles. The molecule has 0 spiro atoms. The number of rotatable bonds is 2. The molecule has 2 atom stereocenters. The molecule has 4 nitrogen and oxygen atoms in total. The van der Waals surface area contributed by atoms with Crippen molar-refractivity contribution >= 4 is 21.7 Å². The zero-order valence-corrected chi connectivity index (χ0v) is 13.8. The van der Waals surface area contributed by atoms with Gasteiger partial charge in [-0.3, -0.25) is 4.90 Å². The van der Waals surface area contributed by atoms with Crippen LogP contribution >= 0.6 is 15.9 Å². The number of aryl methyl sites for hydroxylation is 1. The van der Waals surface area contributed by atoms with Gasteiger partial charge < -0.3 is 9.64 Å². The zero-order valence-electron chi connectivity index (χ0n) is 12.2. The Bertz CT molecular complexity index is 476. The lowest BCUT2D eigenvalue weighted by atomic mass is 10.0. The molecule has 0 N–H and O–H groups in total. The first-order valence-electron chi connectivity index (χ1n) is 7.34. The number of morpholine rings is 1. The van der Waals surface area contributed by atoms with E-state index in [0.717, 1.165) is 49.7 Å². The predicted molar refractivity (Wildman–Crippen MR) is 84.2 cm³/mol. The number of anilines is 1. The predicted octanol–water partition coefficient (Wildman–Crippen LogP) is 2.31. The summed E-state index contributed by atoms with van der Waals surface area (Å²) in [6.45, 7) is 10.4. The Morgan fingerprint density at radius 2 is 2.05 bits per heavy atom. The molecule has 20 heavy (non-hydrogen) atoms. The monoisotopic (exact) mass is 339 g/mol. The number of ether oxygens (including phenoxy) is 1. The van der Waals surface area contributed by atoms with Crippen molar-refractivity contribution in [2.75, 3.05) is 44.3 Å². The molecule has 110 valence electrons. The molecule has 1 aromatic heterocycles. The Balaban J connectivity index is 1.73. The van der Waals surface area contributed by atoms with E-state index in [1.54, 1.807) is 0 Å². The van der Waals surface area contributed by atoms with E-state index in [1.807, 2.05) is 6.20 Å². The quantitative estimate of drug-likeness (QED) is 0.826. The largest absolute Gasteiger partial charge is 0.379 e. The Labute approximate surface area is 129 Å².